The van der Waals surface area contributed by atoms with E-state index in [1.54, 1.807) is 0 Å². The number of carbonyl (C=O) groups is 2. The van der Waals surface area contributed by atoms with Gasteiger partial charge in [-0.15, -0.1) is 0 Å². The average Bonchev–Trinajstić information content (AvgIpc) is 2.62. The smallest absolute Gasteiger partial charge is 0.278 e. The van der Waals surface area contributed by atoms with Gasteiger partial charge in [0.15, 0.2) is 0 Å². The molecule has 7 heteroatoms. The molecule has 1 heterocycles. The van der Waals surface area contributed by atoms with E-state index in [-0.39, 0.29) is 22.2 Å². The van der Waals surface area contributed by atoms with Gasteiger partial charge in [0, 0.05) is 24.1 Å². The van der Waals surface area contributed by atoms with Crippen molar-refractivity contribution >= 4 is 29.1 Å². The number of rotatable bonds is 2. The molecule has 1 aliphatic heterocycles. The Morgan fingerprint density at radius 3 is 2.75 bits per heavy atom. The number of carbonyl (C=O) groups excluding carboxylic acids is 2. The number of hydrogen-bond acceptors (Lipinski definition) is 4. The molecule has 0 saturated carbocycles. The first-order chi connectivity index (χ1) is 9.50. The standard InChI is InChI=1S/C13H13ClN2O4/c14-9-5-6-10(11(8-9)16(19)20)13(18)15-7-3-1-2-4-12(15)17/h5-6,8H,1-4,7H2. The van der Waals surface area contributed by atoms with E-state index in [4.69, 9.17) is 11.6 Å². The number of nitrogens with zero attached hydrogens (tertiary/aromatic N) is 2. The molecular formula is C13H13ClN2O4. The summed E-state index contributed by atoms with van der Waals surface area (Å²) < 4.78 is 0. The third-order valence-corrected chi connectivity index (χ3v) is 3.44. The second-order valence-electron chi connectivity index (χ2n) is 4.58. The summed E-state index contributed by atoms with van der Waals surface area (Å²) in [7, 11) is 0. The molecule has 0 bridgehead atoms. The number of amides is 2. The Kier molecular flexibility index (Phi) is 4.34. The van der Waals surface area contributed by atoms with Gasteiger partial charge in [-0.3, -0.25) is 24.6 Å². The molecule has 1 saturated heterocycles. The molecule has 0 N–H and O–H groups in total. The van der Waals surface area contributed by atoms with Gasteiger partial charge < -0.3 is 0 Å². The summed E-state index contributed by atoms with van der Waals surface area (Å²) in [4.78, 5) is 35.7. The van der Waals surface area contributed by atoms with Crippen molar-refractivity contribution in [1.82, 2.24) is 4.90 Å². The fraction of sp³-hybridized carbons (Fsp3) is 0.385. The lowest BCUT2D eigenvalue weighted by Gasteiger charge is -2.18. The molecule has 0 aromatic heterocycles. The second-order valence-corrected chi connectivity index (χ2v) is 5.02. The van der Waals surface area contributed by atoms with Crippen molar-refractivity contribution in [2.45, 2.75) is 25.7 Å². The van der Waals surface area contributed by atoms with E-state index in [0.717, 1.165) is 30.2 Å². The lowest BCUT2D eigenvalue weighted by molar-refractivity contribution is -0.385. The van der Waals surface area contributed by atoms with Crippen LogP contribution in [-0.4, -0.2) is 28.2 Å². The molecule has 20 heavy (non-hydrogen) atoms. The van der Waals surface area contributed by atoms with Crippen molar-refractivity contribution in [2.75, 3.05) is 6.54 Å². The first kappa shape index (κ1) is 14.5. The molecule has 6 nitrogen and oxygen atoms in total. The molecule has 0 spiro atoms. The Labute approximate surface area is 120 Å². The molecule has 2 rings (SSSR count). The number of likely N-dealkylation sites (tertiary alicyclic amines) is 1. The van der Waals surface area contributed by atoms with Gasteiger partial charge in [-0.25, -0.2) is 0 Å². The molecule has 0 atom stereocenters. The number of benzene rings is 1. The maximum Gasteiger partial charge on any atom is 0.283 e. The third kappa shape index (κ3) is 2.96. The van der Waals surface area contributed by atoms with Crippen molar-refractivity contribution in [3.05, 3.63) is 38.9 Å². The van der Waals surface area contributed by atoms with E-state index in [1.807, 2.05) is 0 Å². The van der Waals surface area contributed by atoms with E-state index in [0.29, 0.717) is 13.0 Å². The predicted octanol–water partition coefficient (Wildman–Crippen LogP) is 2.79. The molecule has 1 aromatic rings. The van der Waals surface area contributed by atoms with E-state index in [2.05, 4.69) is 0 Å². The highest BCUT2D eigenvalue weighted by atomic mass is 35.5. The van der Waals surface area contributed by atoms with Gasteiger partial charge in [0.05, 0.1) is 4.92 Å². The number of hydrogen-bond donors (Lipinski definition) is 0. The summed E-state index contributed by atoms with van der Waals surface area (Å²) in [6.07, 6.45) is 2.63. The van der Waals surface area contributed by atoms with Gasteiger partial charge in [0.1, 0.15) is 5.56 Å². The van der Waals surface area contributed by atoms with Gasteiger partial charge in [-0.2, -0.15) is 0 Å². The summed E-state index contributed by atoms with van der Waals surface area (Å²) >= 11 is 5.71. The van der Waals surface area contributed by atoms with E-state index in [1.165, 1.54) is 12.1 Å². The Morgan fingerprint density at radius 2 is 2.05 bits per heavy atom. The quantitative estimate of drug-likeness (QED) is 0.477. The fourth-order valence-electron chi connectivity index (χ4n) is 2.18. The minimum Gasteiger partial charge on any atom is -0.278 e. The van der Waals surface area contributed by atoms with Crippen LogP contribution < -0.4 is 0 Å². The highest BCUT2D eigenvalue weighted by molar-refractivity contribution is 6.31. The molecule has 1 aromatic carbocycles. The highest BCUT2D eigenvalue weighted by Crippen LogP contribution is 2.25. The van der Waals surface area contributed by atoms with Crippen LogP contribution in [0.5, 0.6) is 0 Å². The maximum atomic E-state index is 12.4. The zero-order valence-electron chi connectivity index (χ0n) is 10.7. The molecule has 0 radical (unpaired) electrons. The summed E-state index contributed by atoms with van der Waals surface area (Å²) in [5, 5.41) is 11.2. The van der Waals surface area contributed by atoms with Crippen molar-refractivity contribution < 1.29 is 14.5 Å². The Hall–Kier alpha value is -1.95. The second kappa shape index (κ2) is 6.00. The first-order valence-corrected chi connectivity index (χ1v) is 6.67. The van der Waals surface area contributed by atoms with Crippen molar-refractivity contribution in [3.8, 4) is 0 Å². The molecule has 0 aliphatic carbocycles. The van der Waals surface area contributed by atoms with Gasteiger partial charge in [-0.1, -0.05) is 18.0 Å². The van der Waals surface area contributed by atoms with Crippen LogP contribution in [-0.2, 0) is 4.79 Å². The average molecular weight is 297 g/mol. The zero-order valence-corrected chi connectivity index (χ0v) is 11.4. The number of imide groups is 1. The molecule has 2 amide bonds. The van der Waals surface area contributed by atoms with Crippen molar-refractivity contribution in [1.29, 1.82) is 0 Å². The summed E-state index contributed by atoms with van der Waals surface area (Å²) in [6.45, 7) is 0.303. The Bertz CT molecular complexity index is 573. The van der Waals surface area contributed by atoms with Crippen LogP contribution in [0.3, 0.4) is 0 Å². The lowest BCUT2D eigenvalue weighted by atomic mass is 10.1. The van der Waals surface area contributed by atoms with Gasteiger partial charge in [0.25, 0.3) is 11.6 Å². The van der Waals surface area contributed by atoms with Crippen molar-refractivity contribution in [3.63, 3.8) is 0 Å². The summed E-state index contributed by atoms with van der Waals surface area (Å²) in [5.41, 5.74) is -0.478. The summed E-state index contributed by atoms with van der Waals surface area (Å²) in [6, 6.07) is 3.82. The maximum absolute atomic E-state index is 12.4. The minimum absolute atomic E-state index is 0.102. The van der Waals surface area contributed by atoms with E-state index >= 15 is 0 Å². The van der Waals surface area contributed by atoms with Gasteiger partial charge >= 0.3 is 0 Å². The SMILES string of the molecule is O=C1CCCCCN1C(=O)c1ccc(Cl)cc1[N+](=O)[O-]. The Morgan fingerprint density at radius 1 is 1.30 bits per heavy atom. The van der Waals surface area contributed by atoms with Crippen LogP contribution in [0.2, 0.25) is 5.02 Å². The highest BCUT2D eigenvalue weighted by Gasteiger charge is 2.29. The predicted molar refractivity (Wildman–Crippen MR) is 72.6 cm³/mol. The fourth-order valence-corrected chi connectivity index (χ4v) is 2.35. The van der Waals surface area contributed by atoms with Crippen molar-refractivity contribution in [2.24, 2.45) is 0 Å². The number of nitro benzene ring substituents is 1. The van der Waals surface area contributed by atoms with Gasteiger partial charge in [0.2, 0.25) is 5.91 Å². The Balaban J connectivity index is 2.37. The van der Waals surface area contributed by atoms with E-state index in [9.17, 15) is 19.7 Å². The van der Waals surface area contributed by atoms with Crippen LogP contribution in [0.1, 0.15) is 36.0 Å². The number of halogens is 1. The van der Waals surface area contributed by atoms with Crippen LogP contribution >= 0.6 is 11.6 Å². The van der Waals surface area contributed by atoms with Crippen LogP contribution in [0, 0.1) is 10.1 Å². The minimum atomic E-state index is -0.665. The topological polar surface area (TPSA) is 80.5 Å². The lowest BCUT2D eigenvalue weighted by Crippen LogP contribution is -2.36. The molecule has 106 valence electrons. The number of nitro groups is 1. The largest absolute Gasteiger partial charge is 0.283 e. The molecule has 0 unspecified atom stereocenters. The first-order valence-electron chi connectivity index (χ1n) is 6.29. The monoisotopic (exact) mass is 296 g/mol. The van der Waals surface area contributed by atoms with E-state index < -0.39 is 10.8 Å². The zero-order chi connectivity index (χ0) is 14.7. The molecular weight excluding hydrogens is 284 g/mol. The van der Waals surface area contributed by atoms with Gasteiger partial charge in [-0.05, 0) is 25.0 Å². The molecule has 1 fully saturated rings. The normalized spacial score (nSPS) is 15.8. The molecule has 1 aliphatic rings. The summed E-state index contributed by atoms with van der Waals surface area (Å²) in [5.74, 6) is -0.906. The van der Waals surface area contributed by atoms with Crippen LogP contribution in [0.25, 0.3) is 0 Å². The van der Waals surface area contributed by atoms with Crippen LogP contribution in [0.15, 0.2) is 18.2 Å². The third-order valence-electron chi connectivity index (χ3n) is 3.21. The van der Waals surface area contributed by atoms with Crippen LogP contribution in [0.4, 0.5) is 5.69 Å².